The third kappa shape index (κ3) is 5.94. The molecule has 0 aromatic carbocycles. The summed E-state index contributed by atoms with van der Waals surface area (Å²) in [5.41, 5.74) is 0. The van der Waals surface area contributed by atoms with E-state index in [2.05, 4.69) is 19.2 Å². The molecule has 0 atom stereocenters. The van der Waals surface area contributed by atoms with Gasteiger partial charge >= 0.3 is 12.0 Å². The Bertz CT molecular complexity index is 299. The Kier molecular flexibility index (Phi) is 6.67. The maximum absolute atomic E-state index is 12.2. The van der Waals surface area contributed by atoms with Crippen LogP contribution in [0.15, 0.2) is 0 Å². The summed E-state index contributed by atoms with van der Waals surface area (Å²) in [4.78, 5) is 24.5. The van der Waals surface area contributed by atoms with Crippen molar-refractivity contribution in [3.05, 3.63) is 0 Å². The minimum Gasteiger partial charge on any atom is -0.481 e. The Hall–Kier alpha value is -1.26. The molecule has 19 heavy (non-hydrogen) atoms. The van der Waals surface area contributed by atoms with Crippen molar-refractivity contribution in [1.29, 1.82) is 0 Å². The molecule has 0 bridgehead atoms. The first-order chi connectivity index (χ1) is 9.00. The van der Waals surface area contributed by atoms with Gasteiger partial charge in [0, 0.05) is 25.6 Å². The number of nitrogens with zero attached hydrogens (tertiary/aromatic N) is 1. The molecule has 0 aromatic heterocycles. The summed E-state index contributed by atoms with van der Waals surface area (Å²) in [6.07, 6.45) is 5.18. The molecule has 1 saturated carbocycles. The van der Waals surface area contributed by atoms with Gasteiger partial charge in [-0.3, -0.25) is 4.79 Å². The molecule has 2 amide bonds. The SMILES string of the molecule is CC(C)CN(C(=O)NCCCC(=O)O)C1CCCC1. The van der Waals surface area contributed by atoms with Gasteiger partial charge in [0.2, 0.25) is 0 Å². The minimum absolute atomic E-state index is 0.0361. The molecule has 0 heterocycles. The molecule has 1 aliphatic rings. The minimum atomic E-state index is -0.816. The van der Waals surface area contributed by atoms with Gasteiger partial charge < -0.3 is 15.3 Å². The van der Waals surface area contributed by atoms with Gasteiger partial charge in [0.25, 0.3) is 0 Å². The van der Waals surface area contributed by atoms with Gasteiger partial charge in [-0.15, -0.1) is 0 Å². The second kappa shape index (κ2) is 8.02. The van der Waals surface area contributed by atoms with Crippen LogP contribution in [0.1, 0.15) is 52.4 Å². The molecule has 0 unspecified atom stereocenters. The van der Waals surface area contributed by atoms with Crippen molar-refractivity contribution < 1.29 is 14.7 Å². The molecule has 0 radical (unpaired) electrons. The zero-order chi connectivity index (χ0) is 14.3. The average Bonchev–Trinajstić information content (AvgIpc) is 2.84. The Morgan fingerprint density at radius 3 is 2.47 bits per heavy atom. The largest absolute Gasteiger partial charge is 0.481 e. The Morgan fingerprint density at radius 1 is 1.32 bits per heavy atom. The smallest absolute Gasteiger partial charge is 0.317 e. The van der Waals surface area contributed by atoms with E-state index in [-0.39, 0.29) is 12.5 Å². The van der Waals surface area contributed by atoms with Gasteiger partial charge in [-0.25, -0.2) is 4.79 Å². The molecule has 0 aromatic rings. The van der Waals surface area contributed by atoms with Crippen LogP contribution in [0.5, 0.6) is 0 Å². The normalized spacial score (nSPS) is 15.7. The molecule has 110 valence electrons. The summed E-state index contributed by atoms with van der Waals surface area (Å²) in [6, 6.07) is 0.327. The van der Waals surface area contributed by atoms with Gasteiger partial charge in [0.15, 0.2) is 0 Å². The van der Waals surface area contributed by atoms with E-state index >= 15 is 0 Å². The number of hydrogen-bond acceptors (Lipinski definition) is 2. The fourth-order valence-corrected chi connectivity index (χ4v) is 2.54. The highest BCUT2D eigenvalue weighted by Gasteiger charge is 2.26. The third-order valence-electron chi connectivity index (χ3n) is 3.43. The van der Waals surface area contributed by atoms with Crippen LogP contribution < -0.4 is 5.32 Å². The molecular formula is C14H26N2O3. The monoisotopic (exact) mass is 270 g/mol. The van der Waals surface area contributed by atoms with Crippen LogP contribution in [-0.2, 0) is 4.79 Å². The molecule has 2 N–H and O–H groups in total. The molecule has 1 fully saturated rings. The third-order valence-corrected chi connectivity index (χ3v) is 3.43. The Morgan fingerprint density at radius 2 is 1.95 bits per heavy atom. The number of carboxylic acids is 1. The van der Waals surface area contributed by atoms with Crippen molar-refractivity contribution in [1.82, 2.24) is 10.2 Å². The predicted molar refractivity (Wildman–Crippen MR) is 74.1 cm³/mol. The van der Waals surface area contributed by atoms with E-state index in [9.17, 15) is 9.59 Å². The van der Waals surface area contributed by atoms with E-state index in [4.69, 9.17) is 5.11 Å². The number of urea groups is 1. The molecule has 1 rings (SSSR count). The quantitative estimate of drug-likeness (QED) is 0.698. The number of carbonyl (C=O) groups is 2. The fourth-order valence-electron chi connectivity index (χ4n) is 2.54. The molecule has 5 heteroatoms. The second-order valence-corrected chi connectivity index (χ2v) is 5.71. The number of hydrogen-bond donors (Lipinski definition) is 2. The maximum Gasteiger partial charge on any atom is 0.317 e. The fraction of sp³-hybridized carbons (Fsp3) is 0.857. The number of rotatable bonds is 7. The first-order valence-corrected chi connectivity index (χ1v) is 7.27. The zero-order valence-corrected chi connectivity index (χ0v) is 12.0. The Balaban J connectivity index is 2.39. The predicted octanol–water partition coefficient (Wildman–Crippen LogP) is 2.46. The van der Waals surface area contributed by atoms with E-state index in [0.29, 0.717) is 24.9 Å². The summed E-state index contributed by atoms with van der Waals surface area (Å²) in [5, 5.41) is 11.4. The molecular weight excluding hydrogens is 244 g/mol. The molecule has 0 aliphatic heterocycles. The van der Waals surface area contributed by atoms with E-state index in [1.165, 1.54) is 12.8 Å². The topological polar surface area (TPSA) is 69.6 Å². The summed E-state index contributed by atoms with van der Waals surface area (Å²) >= 11 is 0. The first kappa shape index (κ1) is 15.8. The van der Waals surface area contributed by atoms with Crippen molar-refractivity contribution in [3.63, 3.8) is 0 Å². The van der Waals surface area contributed by atoms with Gasteiger partial charge in [-0.05, 0) is 25.2 Å². The number of carbonyl (C=O) groups excluding carboxylic acids is 1. The van der Waals surface area contributed by atoms with Crippen molar-refractivity contribution in [3.8, 4) is 0 Å². The highest BCUT2D eigenvalue weighted by Crippen LogP contribution is 2.24. The summed E-state index contributed by atoms with van der Waals surface area (Å²) in [6.45, 7) is 5.43. The van der Waals surface area contributed by atoms with Crippen LogP contribution in [0.3, 0.4) is 0 Å². The maximum atomic E-state index is 12.2. The van der Waals surface area contributed by atoms with E-state index in [0.717, 1.165) is 19.4 Å². The van der Waals surface area contributed by atoms with E-state index in [1.807, 2.05) is 4.90 Å². The Labute approximate surface area is 115 Å². The number of aliphatic carboxylic acids is 1. The van der Waals surface area contributed by atoms with Crippen LogP contribution in [0, 0.1) is 5.92 Å². The first-order valence-electron chi connectivity index (χ1n) is 7.27. The van der Waals surface area contributed by atoms with Crippen LogP contribution in [-0.4, -0.2) is 41.1 Å². The lowest BCUT2D eigenvalue weighted by Crippen LogP contribution is -2.47. The lowest BCUT2D eigenvalue weighted by Gasteiger charge is -2.30. The molecule has 1 aliphatic carbocycles. The average molecular weight is 270 g/mol. The lowest BCUT2D eigenvalue weighted by atomic mass is 10.1. The van der Waals surface area contributed by atoms with Crippen LogP contribution >= 0.6 is 0 Å². The summed E-state index contributed by atoms with van der Waals surface area (Å²) in [5.74, 6) is -0.366. The zero-order valence-electron chi connectivity index (χ0n) is 12.0. The van der Waals surface area contributed by atoms with Gasteiger partial charge in [0.1, 0.15) is 0 Å². The van der Waals surface area contributed by atoms with Crippen molar-refractivity contribution in [2.24, 2.45) is 5.92 Å². The van der Waals surface area contributed by atoms with Gasteiger partial charge in [0.05, 0.1) is 0 Å². The van der Waals surface area contributed by atoms with E-state index < -0.39 is 5.97 Å². The molecule has 0 spiro atoms. The number of nitrogens with one attached hydrogen (secondary N) is 1. The second-order valence-electron chi connectivity index (χ2n) is 5.71. The highest BCUT2D eigenvalue weighted by molar-refractivity contribution is 5.74. The number of carboxylic acid groups (broad SMARTS) is 1. The van der Waals surface area contributed by atoms with Gasteiger partial charge in [-0.2, -0.15) is 0 Å². The highest BCUT2D eigenvalue weighted by atomic mass is 16.4. The lowest BCUT2D eigenvalue weighted by molar-refractivity contribution is -0.137. The standard InChI is InChI=1S/C14H26N2O3/c1-11(2)10-16(12-6-3-4-7-12)14(19)15-9-5-8-13(17)18/h11-12H,3-10H2,1-2H3,(H,15,19)(H,17,18). The van der Waals surface area contributed by atoms with Crippen molar-refractivity contribution in [2.45, 2.75) is 58.4 Å². The van der Waals surface area contributed by atoms with E-state index in [1.54, 1.807) is 0 Å². The van der Waals surface area contributed by atoms with Crippen LogP contribution in [0.25, 0.3) is 0 Å². The summed E-state index contributed by atoms with van der Waals surface area (Å²) < 4.78 is 0. The van der Waals surface area contributed by atoms with Crippen LogP contribution in [0.4, 0.5) is 4.79 Å². The van der Waals surface area contributed by atoms with Gasteiger partial charge in [-0.1, -0.05) is 26.7 Å². The summed E-state index contributed by atoms with van der Waals surface area (Å²) in [7, 11) is 0. The van der Waals surface area contributed by atoms with Crippen LogP contribution in [0.2, 0.25) is 0 Å². The van der Waals surface area contributed by atoms with Crippen molar-refractivity contribution >= 4 is 12.0 Å². The number of amides is 2. The molecule has 5 nitrogen and oxygen atoms in total. The molecule has 0 saturated heterocycles. The van der Waals surface area contributed by atoms with Crippen molar-refractivity contribution in [2.75, 3.05) is 13.1 Å².